The maximum Gasteiger partial charge on any atom is 0.214 e. The number of nitrogens with zero attached hydrogens (tertiary/aromatic N) is 3. The average Bonchev–Trinajstić information content (AvgIpc) is 2.30. The van der Waals surface area contributed by atoms with Gasteiger partial charge in [-0.25, -0.2) is 4.98 Å². The largest absolute Gasteiger partial charge is 0.329 e. The lowest BCUT2D eigenvalue weighted by Crippen LogP contribution is -1.92. The van der Waals surface area contributed by atoms with Crippen LogP contribution in [0.5, 0.6) is 0 Å². The molecule has 0 saturated heterocycles. The van der Waals surface area contributed by atoms with E-state index in [-0.39, 0.29) is 11.6 Å². The average molecular weight is 139 g/mol. The SMILES string of the molecule is Cn1cc(N=O)nc1C=O. The van der Waals surface area contributed by atoms with Crippen LogP contribution in [0.4, 0.5) is 5.82 Å². The first kappa shape index (κ1) is 6.60. The van der Waals surface area contributed by atoms with Crippen molar-refractivity contribution in [1.82, 2.24) is 9.55 Å². The van der Waals surface area contributed by atoms with Gasteiger partial charge < -0.3 is 4.57 Å². The quantitative estimate of drug-likeness (QED) is 0.446. The van der Waals surface area contributed by atoms with Gasteiger partial charge in [0.1, 0.15) is 0 Å². The van der Waals surface area contributed by atoms with Gasteiger partial charge >= 0.3 is 0 Å². The molecule has 1 rings (SSSR count). The maximum atomic E-state index is 10.1. The molecule has 0 fully saturated rings. The number of aldehydes is 1. The third kappa shape index (κ3) is 0.928. The van der Waals surface area contributed by atoms with Crippen molar-refractivity contribution in [2.45, 2.75) is 0 Å². The molecule has 0 atom stereocenters. The fourth-order valence-corrected chi connectivity index (χ4v) is 0.618. The summed E-state index contributed by atoms with van der Waals surface area (Å²) in [5.74, 6) is 0.235. The molecule has 0 spiro atoms. The van der Waals surface area contributed by atoms with E-state index in [9.17, 15) is 9.70 Å². The predicted octanol–water partition coefficient (Wildman–Crippen LogP) is 0.630. The topological polar surface area (TPSA) is 64.3 Å². The summed E-state index contributed by atoms with van der Waals surface area (Å²) in [6.07, 6.45) is 1.95. The van der Waals surface area contributed by atoms with Crippen LogP contribution in [0.1, 0.15) is 10.6 Å². The summed E-state index contributed by atoms with van der Waals surface area (Å²) in [7, 11) is 1.62. The highest BCUT2D eigenvalue weighted by Crippen LogP contribution is 2.07. The van der Waals surface area contributed by atoms with Crippen molar-refractivity contribution in [2.75, 3.05) is 0 Å². The zero-order valence-corrected chi connectivity index (χ0v) is 5.31. The Morgan fingerprint density at radius 1 is 1.80 bits per heavy atom. The van der Waals surface area contributed by atoms with Crippen LogP contribution in [0.25, 0.3) is 0 Å². The highest BCUT2D eigenvalue weighted by Gasteiger charge is 2.01. The van der Waals surface area contributed by atoms with Crippen molar-refractivity contribution in [2.24, 2.45) is 12.2 Å². The molecular formula is C5H5N3O2. The number of aromatic nitrogens is 2. The van der Waals surface area contributed by atoms with Crippen LogP contribution in [0.3, 0.4) is 0 Å². The van der Waals surface area contributed by atoms with E-state index in [4.69, 9.17) is 0 Å². The molecule has 0 aliphatic heterocycles. The van der Waals surface area contributed by atoms with Crippen LogP contribution >= 0.6 is 0 Å². The Morgan fingerprint density at radius 2 is 2.50 bits per heavy atom. The van der Waals surface area contributed by atoms with Gasteiger partial charge in [-0.15, -0.1) is 4.91 Å². The molecule has 52 valence electrons. The summed E-state index contributed by atoms with van der Waals surface area (Å²) in [6, 6.07) is 0. The molecule has 5 heteroatoms. The number of rotatable bonds is 2. The van der Waals surface area contributed by atoms with Gasteiger partial charge in [-0.3, -0.25) is 4.79 Å². The normalized spacial score (nSPS) is 9.30. The summed E-state index contributed by atoms with van der Waals surface area (Å²) < 4.78 is 1.43. The Kier molecular flexibility index (Phi) is 1.57. The predicted molar refractivity (Wildman–Crippen MR) is 34.1 cm³/mol. The highest BCUT2D eigenvalue weighted by molar-refractivity contribution is 5.70. The maximum absolute atomic E-state index is 10.1. The number of aryl methyl sites for hydroxylation is 1. The lowest BCUT2D eigenvalue weighted by atomic mass is 10.7. The fraction of sp³-hybridized carbons (Fsp3) is 0.200. The minimum absolute atomic E-state index is 0.0320. The second kappa shape index (κ2) is 2.38. The van der Waals surface area contributed by atoms with E-state index in [0.717, 1.165) is 0 Å². The minimum atomic E-state index is 0.0320. The molecule has 0 saturated carbocycles. The van der Waals surface area contributed by atoms with E-state index in [0.29, 0.717) is 6.29 Å². The Hall–Kier alpha value is -1.52. The third-order valence-electron chi connectivity index (χ3n) is 1.10. The standard InChI is InChI=1S/C5H5N3O2/c1-8-2-4(7-10)6-5(8)3-9/h2-3H,1H3. The lowest BCUT2D eigenvalue weighted by molar-refractivity contribution is 0.111. The Balaban J connectivity index is 3.15. The van der Waals surface area contributed by atoms with Crippen molar-refractivity contribution in [3.05, 3.63) is 16.9 Å². The number of carbonyl (C=O) groups is 1. The van der Waals surface area contributed by atoms with Crippen LogP contribution in [-0.2, 0) is 7.05 Å². The lowest BCUT2D eigenvalue weighted by Gasteiger charge is -1.85. The first-order chi connectivity index (χ1) is 4.77. The second-order valence-corrected chi connectivity index (χ2v) is 1.78. The van der Waals surface area contributed by atoms with Gasteiger partial charge in [0.2, 0.25) is 5.82 Å². The van der Waals surface area contributed by atoms with Gasteiger partial charge in [-0.2, -0.15) is 0 Å². The molecular weight excluding hydrogens is 134 g/mol. The molecule has 0 unspecified atom stereocenters. The number of carbonyl (C=O) groups excluding carboxylic acids is 1. The van der Waals surface area contributed by atoms with Crippen molar-refractivity contribution in [1.29, 1.82) is 0 Å². The third-order valence-corrected chi connectivity index (χ3v) is 1.10. The van der Waals surface area contributed by atoms with E-state index < -0.39 is 0 Å². The van der Waals surface area contributed by atoms with Crippen molar-refractivity contribution < 1.29 is 4.79 Å². The first-order valence-corrected chi connectivity index (χ1v) is 2.60. The van der Waals surface area contributed by atoms with Gasteiger partial charge in [-0.1, -0.05) is 0 Å². The number of nitroso groups, excluding NO2 is 1. The zero-order valence-electron chi connectivity index (χ0n) is 5.31. The summed E-state index contributed by atoms with van der Waals surface area (Å²) in [5.41, 5.74) is 0. The molecule has 1 aromatic rings. The van der Waals surface area contributed by atoms with E-state index >= 15 is 0 Å². The molecule has 0 bridgehead atoms. The monoisotopic (exact) mass is 139 g/mol. The molecule has 1 aromatic heterocycles. The van der Waals surface area contributed by atoms with Crippen LogP contribution in [-0.4, -0.2) is 15.8 Å². The molecule has 0 aliphatic carbocycles. The molecule has 0 aromatic carbocycles. The van der Waals surface area contributed by atoms with Gasteiger partial charge in [0.05, 0.1) is 6.20 Å². The number of hydrogen-bond acceptors (Lipinski definition) is 4. The Morgan fingerprint density at radius 3 is 2.80 bits per heavy atom. The number of hydrogen-bond donors (Lipinski definition) is 0. The fourth-order valence-electron chi connectivity index (χ4n) is 0.618. The minimum Gasteiger partial charge on any atom is -0.329 e. The number of imidazole rings is 1. The Bertz CT molecular complexity index is 266. The van der Waals surface area contributed by atoms with Crippen molar-refractivity contribution in [3.8, 4) is 0 Å². The van der Waals surface area contributed by atoms with Crippen LogP contribution in [0.2, 0.25) is 0 Å². The molecule has 5 nitrogen and oxygen atoms in total. The van der Waals surface area contributed by atoms with Crippen LogP contribution in [0, 0.1) is 4.91 Å². The van der Waals surface area contributed by atoms with Crippen molar-refractivity contribution in [3.63, 3.8) is 0 Å². The van der Waals surface area contributed by atoms with E-state index in [1.165, 1.54) is 10.8 Å². The zero-order chi connectivity index (χ0) is 7.56. The van der Waals surface area contributed by atoms with Gasteiger partial charge in [0, 0.05) is 7.05 Å². The van der Waals surface area contributed by atoms with Gasteiger partial charge in [0.15, 0.2) is 12.1 Å². The van der Waals surface area contributed by atoms with Gasteiger partial charge in [0.25, 0.3) is 0 Å². The molecule has 0 radical (unpaired) electrons. The van der Waals surface area contributed by atoms with Gasteiger partial charge in [-0.05, 0) is 5.18 Å². The summed E-state index contributed by atoms with van der Waals surface area (Å²) >= 11 is 0. The summed E-state index contributed by atoms with van der Waals surface area (Å²) in [6.45, 7) is 0. The highest BCUT2D eigenvalue weighted by atomic mass is 16.3. The smallest absolute Gasteiger partial charge is 0.214 e. The Labute approximate surface area is 56.7 Å². The molecule has 1 heterocycles. The second-order valence-electron chi connectivity index (χ2n) is 1.78. The molecule has 0 aliphatic rings. The molecule has 10 heavy (non-hydrogen) atoms. The van der Waals surface area contributed by atoms with E-state index in [1.54, 1.807) is 7.05 Å². The van der Waals surface area contributed by atoms with Crippen LogP contribution in [0.15, 0.2) is 11.4 Å². The summed E-state index contributed by atoms with van der Waals surface area (Å²) in [5, 5.41) is 2.56. The summed E-state index contributed by atoms with van der Waals surface area (Å²) in [4.78, 5) is 23.5. The van der Waals surface area contributed by atoms with Crippen molar-refractivity contribution >= 4 is 12.1 Å². The molecule has 0 N–H and O–H groups in total. The van der Waals surface area contributed by atoms with E-state index in [2.05, 4.69) is 10.2 Å². The molecule has 0 amide bonds. The van der Waals surface area contributed by atoms with E-state index in [1.807, 2.05) is 0 Å². The first-order valence-electron chi connectivity index (χ1n) is 2.60. The van der Waals surface area contributed by atoms with Crippen LogP contribution < -0.4 is 0 Å².